The number of para-hydroxylation sites is 3. The Labute approximate surface area is 323 Å². The molecule has 264 valence electrons. The van der Waals surface area contributed by atoms with Crippen molar-refractivity contribution < 1.29 is 30.2 Å². The number of aromatic nitrogens is 2. The van der Waals surface area contributed by atoms with Crippen LogP contribution in [0, 0.1) is 31.5 Å². The number of nitrogens with zero attached hydrogens (tertiary/aromatic N) is 4. The summed E-state index contributed by atoms with van der Waals surface area (Å²) in [6.07, 6.45) is 1.88. The molecule has 2 aromatic heterocycles. The first-order valence-electron chi connectivity index (χ1n) is 17.4. The Morgan fingerprint density at radius 2 is 1.43 bits per heavy atom. The Hall–Kier alpha value is -5.71. The van der Waals surface area contributed by atoms with Crippen molar-refractivity contribution in [3.63, 3.8) is 0 Å². The van der Waals surface area contributed by atoms with E-state index >= 15 is 0 Å². The number of hydrogen-bond donors (Lipinski definition) is 0. The average Bonchev–Trinajstić information content (AvgIpc) is 3.71. The summed E-state index contributed by atoms with van der Waals surface area (Å²) in [4.78, 5) is 8.96. The summed E-state index contributed by atoms with van der Waals surface area (Å²) in [5.74, 6) is 2.06. The van der Waals surface area contributed by atoms with Gasteiger partial charge in [0.25, 0.3) is 0 Å². The predicted molar refractivity (Wildman–Crippen MR) is 208 cm³/mol. The Kier molecular flexibility index (Phi) is 9.09. The van der Waals surface area contributed by atoms with Gasteiger partial charge >= 0.3 is 0 Å². The van der Waals surface area contributed by atoms with Gasteiger partial charge in [-0.3, -0.25) is 0 Å². The van der Waals surface area contributed by atoms with Crippen LogP contribution in [0.2, 0.25) is 0 Å². The van der Waals surface area contributed by atoms with Crippen molar-refractivity contribution in [2.75, 3.05) is 9.80 Å². The third-order valence-corrected chi connectivity index (χ3v) is 9.65. The first kappa shape index (κ1) is 34.4. The molecule has 0 N–H and O–H groups in total. The Morgan fingerprint density at radius 1 is 0.698 bits per heavy atom. The van der Waals surface area contributed by atoms with Gasteiger partial charge in [0.2, 0.25) is 0 Å². The number of rotatable bonds is 7. The second-order valence-electron chi connectivity index (χ2n) is 13.4. The minimum Gasteiger partial charge on any atom is -0.509 e. The Bertz CT molecular complexity index is 2600. The van der Waals surface area contributed by atoms with Crippen LogP contribution in [-0.4, -0.2) is 9.55 Å². The van der Waals surface area contributed by atoms with Crippen LogP contribution in [0.15, 0.2) is 140 Å². The molecule has 9 rings (SSSR count). The molecule has 0 fully saturated rings. The van der Waals surface area contributed by atoms with Gasteiger partial charge in [0, 0.05) is 61.3 Å². The number of ether oxygens (including phenoxy) is 1. The number of fused-ring (bicyclic) bond motifs is 4. The molecule has 1 aliphatic heterocycles. The van der Waals surface area contributed by atoms with Crippen LogP contribution in [0.4, 0.5) is 27.1 Å². The van der Waals surface area contributed by atoms with Gasteiger partial charge in [-0.15, -0.1) is 53.6 Å². The van der Waals surface area contributed by atoms with E-state index in [4.69, 9.17) is 9.72 Å². The molecule has 3 heterocycles. The zero-order valence-electron chi connectivity index (χ0n) is 29.3. The van der Waals surface area contributed by atoms with Gasteiger partial charge in [0.1, 0.15) is 11.6 Å². The standard InChI is InChI=1S/C46H34FN4O.Pt/c1-30(2)33-22-23-48-46(26-33)51-42-9-5-4-8-40(42)41-21-20-38(28-45(41)51)52-39-25-34(32-14-12-31(3)13-15-32)24-37(27-39)50-29-49(36-18-16-35(47)17-19-36)43-10-6-7-11-44(43)50;/h4-26,29-30H,1-3H3;/q-3;. The largest absolute Gasteiger partial charge is 0.509 e. The van der Waals surface area contributed by atoms with E-state index in [1.165, 1.54) is 23.3 Å². The molecule has 0 radical (unpaired) electrons. The molecule has 8 aromatic rings. The van der Waals surface area contributed by atoms with Crippen molar-refractivity contribution >= 4 is 44.6 Å². The molecule has 1 aliphatic rings. The van der Waals surface area contributed by atoms with E-state index in [1.807, 2.05) is 37.1 Å². The molecule has 0 spiro atoms. The quantitative estimate of drug-likeness (QED) is 0.149. The summed E-state index contributed by atoms with van der Waals surface area (Å²) in [5.41, 5.74) is 10.0. The molecule has 0 atom stereocenters. The van der Waals surface area contributed by atoms with E-state index in [0.717, 1.165) is 61.5 Å². The zero-order valence-corrected chi connectivity index (χ0v) is 31.6. The monoisotopic (exact) mass is 872 g/mol. The van der Waals surface area contributed by atoms with Gasteiger partial charge in [-0.25, -0.2) is 9.37 Å². The number of pyridine rings is 1. The Balaban J connectivity index is 0.00000400. The number of anilines is 4. The zero-order chi connectivity index (χ0) is 35.3. The van der Waals surface area contributed by atoms with Crippen LogP contribution in [0.25, 0.3) is 38.8 Å². The molecule has 0 saturated heterocycles. The molecule has 6 aromatic carbocycles. The first-order valence-corrected chi connectivity index (χ1v) is 17.4. The summed E-state index contributed by atoms with van der Waals surface area (Å²) in [5, 5.41) is 2.20. The van der Waals surface area contributed by atoms with E-state index in [0.29, 0.717) is 17.4 Å². The average molecular weight is 873 g/mol. The van der Waals surface area contributed by atoms with Gasteiger partial charge in [0.05, 0.1) is 0 Å². The number of aryl methyl sites for hydroxylation is 1. The van der Waals surface area contributed by atoms with E-state index in [2.05, 4.69) is 132 Å². The molecule has 53 heavy (non-hydrogen) atoms. The van der Waals surface area contributed by atoms with Gasteiger partial charge < -0.3 is 19.1 Å². The van der Waals surface area contributed by atoms with Gasteiger partial charge in [-0.05, 0) is 84.0 Å². The van der Waals surface area contributed by atoms with Crippen molar-refractivity contribution in [2.24, 2.45) is 0 Å². The predicted octanol–water partition coefficient (Wildman–Crippen LogP) is 12.2. The summed E-state index contributed by atoms with van der Waals surface area (Å²) >= 11 is 0. The van der Waals surface area contributed by atoms with Gasteiger partial charge in [0.15, 0.2) is 0 Å². The maximum atomic E-state index is 13.9. The molecule has 0 aliphatic carbocycles. The third kappa shape index (κ3) is 6.38. The van der Waals surface area contributed by atoms with Crippen molar-refractivity contribution in [3.05, 3.63) is 175 Å². The smallest absolute Gasteiger partial charge is 0.135 e. The summed E-state index contributed by atoms with van der Waals surface area (Å²) in [6.45, 7) is 8.48. The van der Waals surface area contributed by atoms with E-state index in [1.54, 1.807) is 12.1 Å². The fourth-order valence-corrected chi connectivity index (χ4v) is 6.94. The first-order chi connectivity index (χ1) is 25.4. The summed E-state index contributed by atoms with van der Waals surface area (Å²) in [7, 11) is 0. The molecule has 5 nitrogen and oxygen atoms in total. The maximum absolute atomic E-state index is 13.9. The molecule has 0 unspecified atom stereocenters. The SMILES string of the molecule is Cc1ccc(-c2cc(Oc3[c-]c4c(cc3)c3ccccc3n4-c3cc(C(C)C)ccn3)[c-]c(N3[CH-]N(c4ccc(F)cc4)c4ccccc43)c2)cc1.[Pt]. The molecule has 0 bridgehead atoms. The van der Waals surface area contributed by atoms with Crippen molar-refractivity contribution in [1.82, 2.24) is 9.55 Å². The van der Waals surface area contributed by atoms with E-state index < -0.39 is 0 Å². The Morgan fingerprint density at radius 3 is 2.21 bits per heavy atom. The van der Waals surface area contributed by atoms with Crippen LogP contribution in [0.5, 0.6) is 11.5 Å². The number of benzene rings is 6. The fourth-order valence-electron chi connectivity index (χ4n) is 6.94. The van der Waals surface area contributed by atoms with Crippen molar-refractivity contribution in [2.45, 2.75) is 26.7 Å². The van der Waals surface area contributed by atoms with Gasteiger partial charge in [-0.2, -0.15) is 6.07 Å². The van der Waals surface area contributed by atoms with Crippen LogP contribution in [0.3, 0.4) is 0 Å². The van der Waals surface area contributed by atoms with Crippen LogP contribution in [0.1, 0.15) is 30.9 Å². The molecule has 7 heteroatoms. The van der Waals surface area contributed by atoms with Crippen LogP contribution >= 0.6 is 0 Å². The molecule has 0 amide bonds. The summed E-state index contributed by atoms with van der Waals surface area (Å²) in [6, 6.07) is 51.2. The minimum absolute atomic E-state index is 0. The second-order valence-corrected chi connectivity index (χ2v) is 13.4. The minimum atomic E-state index is -0.273. The molecular weight excluding hydrogens is 839 g/mol. The van der Waals surface area contributed by atoms with E-state index in [-0.39, 0.29) is 26.9 Å². The van der Waals surface area contributed by atoms with Crippen molar-refractivity contribution in [3.8, 4) is 28.4 Å². The summed E-state index contributed by atoms with van der Waals surface area (Å²) < 4.78 is 22.8. The van der Waals surface area contributed by atoms with Crippen LogP contribution in [-0.2, 0) is 21.1 Å². The normalized spacial score (nSPS) is 12.4. The number of hydrogen-bond acceptors (Lipinski definition) is 4. The topological polar surface area (TPSA) is 33.5 Å². The van der Waals surface area contributed by atoms with Crippen LogP contribution < -0.4 is 14.5 Å². The third-order valence-electron chi connectivity index (χ3n) is 9.65. The second kappa shape index (κ2) is 14.0. The fraction of sp³-hybridized carbons (Fsp3) is 0.0870. The van der Waals surface area contributed by atoms with Gasteiger partial charge in [-0.1, -0.05) is 79.5 Å². The molecule has 0 saturated carbocycles. The molecular formula is C46H34FN4OPt-3. The van der Waals surface area contributed by atoms with Crippen molar-refractivity contribution in [1.29, 1.82) is 0 Å². The number of halogens is 1. The maximum Gasteiger partial charge on any atom is 0.135 e. The van der Waals surface area contributed by atoms with E-state index in [9.17, 15) is 4.39 Å².